The van der Waals surface area contributed by atoms with Gasteiger partial charge in [-0.05, 0) is 13.0 Å². The van der Waals surface area contributed by atoms with E-state index in [0.29, 0.717) is 0 Å². The molecule has 0 radical (unpaired) electrons. The van der Waals surface area contributed by atoms with Crippen LogP contribution < -0.4 is 4.74 Å². The van der Waals surface area contributed by atoms with E-state index in [2.05, 4.69) is 0 Å². The van der Waals surface area contributed by atoms with Gasteiger partial charge in [0.25, 0.3) is 5.69 Å². The first-order valence-corrected chi connectivity index (χ1v) is 7.05. The maximum absolute atomic E-state index is 12.1. The molecule has 6 nitrogen and oxygen atoms in total. The van der Waals surface area contributed by atoms with Crippen LogP contribution in [0, 0.1) is 10.1 Å². The lowest BCUT2D eigenvalue weighted by Gasteiger charge is -2.11. The van der Waals surface area contributed by atoms with Gasteiger partial charge in [-0.3, -0.25) is 10.1 Å². The molecule has 0 aromatic heterocycles. The van der Waals surface area contributed by atoms with E-state index in [1.807, 2.05) is 0 Å². The Morgan fingerprint density at radius 3 is 2.56 bits per heavy atom. The van der Waals surface area contributed by atoms with Crippen molar-refractivity contribution in [1.29, 1.82) is 0 Å². The van der Waals surface area contributed by atoms with Crippen LogP contribution in [0.2, 0.25) is 0 Å². The molecule has 0 N–H and O–H groups in total. The van der Waals surface area contributed by atoms with Gasteiger partial charge in [0.1, 0.15) is 10.6 Å². The number of sulfone groups is 1. The Balaban J connectivity index is 3.50. The molecule has 0 aliphatic rings. The summed E-state index contributed by atoms with van der Waals surface area (Å²) < 4.78 is 29.1. The zero-order valence-electron chi connectivity index (χ0n) is 9.79. The molecule has 0 bridgehead atoms. The van der Waals surface area contributed by atoms with E-state index in [1.165, 1.54) is 20.1 Å². The SMILES string of the molecule is COc1ccc([N+](=O)[O-])c(S(=O)(=O)C(C)CCl)c1. The van der Waals surface area contributed by atoms with Crippen molar-refractivity contribution >= 4 is 27.1 Å². The molecular formula is C10H12ClNO5S. The molecule has 100 valence electrons. The summed E-state index contributed by atoms with van der Waals surface area (Å²) in [6, 6.07) is 3.58. The summed E-state index contributed by atoms with van der Waals surface area (Å²) in [5, 5.41) is 9.93. The number of hydrogen-bond donors (Lipinski definition) is 0. The molecule has 1 unspecified atom stereocenters. The lowest BCUT2D eigenvalue weighted by Crippen LogP contribution is -2.20. The van der Waals surface area contributed by atoms with Crippen LogP contribution in [0.25, 0.3) is 0 Å². The maximum atomic E-state index is 12.1. The van der Waals surface area contributed by atoms with E-state index in [9.17, 15) is 18.5 Å². The summed E-state index contributed by atoms with van der Waals surface area (Å²) in [5.74, 6) is 0.0948. The number of hydrogen-bond acceptors (Lipinski definition) is 5. The van der Waals surface area contributed by atoms with Gasteiger partial charge in [0, 0.05) is 18.0 Å². The van der Waals surface area contributed by atoms with E-state index in [1.54, 1.807) is 0 Å². The number of methoxy groups -OCH3 is 1. The van der Waals surface area contributed by atoms with Gasteiger partial charge in [-0.2, -0.15) is 0 Å². The number of alkyl halides is 1. The molecule has 0 heterocycles. The number of benzene rings is 1. The van der Waals surface area contributed by atoms with Crippen molar-refractivity contribution in [1.82, 2.24) is 0 Å². The molecule has 0 saturated heterocycles. The predicted octanol–water partition coefficient (Wildman–Crippen LogP) is 2.00. The fourth-order valence-electron chi connectivity index (χ4n) is 1.30. The van der Waals surface area contributed by atoms with Gasteiger partial charge in [0.2, 0.25) is 0 Å². The average Bonchev–Trinajstić information content (AvgIpc) is 2.36. The summed E-state index contributed by atoms with van der Waals surface area (Å²) in [6.07, 6.45) is 0. The highest BCUT2D eigenvalue weighted by Gasteiger charge is 2.30. The molecule has 0 fully saturated rings. The molecule has 0 aliphatic carbocycles. The smallest absolute Gasteiger partial charge is 0.288 e. The van der Waals surface area contributed by atoms with Crippen LogP contribution in [0.15, 0.2) is 23.1 Å². The number of ether oxygens (including phenoxy) is 1. The number of rotatable bonds is 5. The minimum Gasteiger partial charge on any atom is -0.497 e. The molecule has 0 spiro atoms. The Morgan fingerprint density at radius 2 is 2.11 bits per heavy atom. The van der Waals surface area contributed by atoms with Crippen molar-refractivity contribution in [3.05, 3.63) is 28.3 Å². The Morgan fingerprint density at radius 1 is 1.50 bits per heavy atom. The molecule has 0 aliphatic heterocycles. The molecule has 1 rings (SSSR count). The zero-order chi connectivity index (χ0) is 13.9. The normalized spacial score (nSPS) is 13.1. The van der Waals surface area contributed by atoms with Gasteiger partial charge in [-0.1, -0.05) is 0 Å². The first-order valence-electron chi connectivity index (χ1n) is 4.97. The third kappa shape index (κ3) is 2.73. The number of nitro benzene ring substituents is 1. The van der Waals surface area contributed by atoms with Crippen LogP contribution >= 0.6 is 11.6 Å². The Kier molecular flexibility index (Phi) is 4.53. The summed E-state index contributed by atoms with van der Waals surface area (Å²) in [6.45, 7) is 1.39. The van der Waals surface area contributed by atoms with Crippen molar-refractivity contribution < 1.29 is 18.1 Å². The predicted molar refractivity (Wildman–Crippen MR) is 67.0 cm³/mol. The fourth-order valence-corrected chi connectivity index (χ4v) is 3.11. The van der Waals surface area contributed by atoms with Crippen LogP contribution in [-0.2, 0) is 9.84 Å². The molecule has 18 heavy (non-hydrogen) atoms. The summed E-state index contributed by atoms with van der Waals surface area (Å²) in [7, 11) is -2.50. The van der Waals surface area contributed by atoms with E-state index >= 15 is 0 Å². The van der Waals surface area contributed by atoms with E-state index < -0.39 is 25.7 Å². The van der Waals surface area contributed by atoms with Gasteiger partial charge < -0.3 is 4.74 Å². The second-order valence-electron chi connectivity index (χ2n) is 3.60. The zero-order valence-corrected chi connectivity index (χ0v) is 11.4. The van der Waals surface area contributed by atoms with Crippen LogP contribution in [0.5, 0.6) is 5.75 Å². The topological polar surface area (TPSA) is 86.5 Å². The molecule has 1 aromatic carbocycles. The second kappa shape index (κ2) is 5.53. The number of nitrogens with zero attached hydrogens (tertiary/aromatic N) is 1. The van der Waals surface area contributed by atoms with Gasteiger partial charge >= 0.3 is 0 Å². The van der Waals surface area contributed by atoms with E-state index in [-0.39, 0.29) is 16.5 Å². The van der Waals surface area contributed by atoms with E-state index in [4.69, 9.17) is 16.3 Å². The Labute approximate surface area is 110 Å². The van der Waals surface area contributed by atoms with Crippen molar-refractivity contribution in [3.8, 4) is 5.75 Å². The summed E-state index contributed by atoms with van der Waals surface area (Å²) in [5.41, 5.74) is -0.479. The third-order valence-corrected chi connectivity index (χ3v) is 5.23. The second-order valence-corrected chi connectivity index (χ2v) is 6.24. The van der Waals surface area contributed by atoms with Gasteiger partial charge in [0.15, 0.2) is 9.84 Å². The summed E-state index contributed by atoms with van der Waals surface area (Å²) >= 11 is 5.51. The molecule has 1 atom stereocenters. The quantitative estimate of drug-likeness (QED) is 0.471. The minimum absolute atomic E-state index is 0.142. The van der Waals surface area contributed by atoms with Crippen molar-refractivity contribution in [2.45, 2.75) is 17.1 Å². The first kappa shape index (κ1) is 14.7. The molecule has 1 aromatic rings. The van der Waals surface area contributed by atoms with Crippen LogP contribution in [0.3, 0.4) is 0 Å². The average molecular weight is 294 g/mol. The largest absolute Gasteiger partial charge is 0.497 e. The van der Waals surface area contributed by atoms with Gasteiger partial charge in [-0.15, -0.1) is 11.6 Å². The Hall–Kier alpha value is -1.34. The van der Waals surface area contributed by atoms with Crippen LogP contribution in [-0.4, -0.2) is 31.6 Å². The standard InChI is InChI=1S/C10H12ClNO5S/c1-7(6-11)18(15,16)10-5-8(17-2)3-4-9(10)12(13)14/h3-5,7H,6H2,1-2H3. The third-order valence-electron chi connectivity index (χ3n) is 2.42. The highest BCUT2D eigenvalue weighted by atomic mass is 35.5. The van der Waals surface area contributed by atoms with Crippen LogP contribution in [0.4, 0.5) is 5.69 Å². The van der Waals surface area contributed by atoms with Crippen molar-refractivity contribution in [3.63, 3.8) is 0 Å². The maximum Gasteiger partial charge on any atom is 0.288 e. The lowest BCUT2D eigenvalue weighted by atomic mass is 10.3. The fraction of sp³-hybridized carbons (Fsp3) is 0.400. The van der Waals surface area contributed by atoms with Crippen LogP contribution in [0.1, 0.15) is 6.92 Å². The molecule has 0 amide bonds. The number of nitro groups is 1. The van der Waals surface area contributed by atoms with Gasteiger partial charge in [0.05, 0.1) is 17.3 Å². The first-order chi connectivity index (χ1) is 8.34. The monoisotopic (exact) mass is 293 g/mol. The minimum atomic E-state index is -3.85. The lowest BCUT2D eigenvalue weighted by molar-refractivity contribution is -0.387. The van der Waals surface area contributed by atoms with E-state index in [0.717, 1.165) is 12.1 Å². The van der Waals surface area contributed by atoms with Crippen molar-refractivity contribution in [2.75, 3.05) is 13.0 Å². The molecule has 0 saturated carbocycles. The van der Waals surface area contributed by atoms with Gasteiger partial charge in [-0.25, -0.2) is 8.42 Å². The Bertz CT molecular complexity index is 557. The summed E-state index contributed by atoms with van der Waals surface area (Å²) in [4.78, 5) is 9.73. The molecule has 8 heteroatoms. The van der Waals surface area contributed by atoms with Crippen molar-refractivity contribution in [2.24, 2.45) is 0 Å². The molecular weight excluding hydrogens is 282 g/mol. The highest BCUT2D eigenvalue weighted by Crippen LogP contribution is 2.30. The highest BCUT2D eigenvalue weighted by molar-refractivity contribution is 7.92. The number of halogens is 1.